The van der Waals surface area contributed by atoms with E-state index in [4.69, 9.17) is 4.74 Å². The smallest absolute Gasteiger partial charge is 0.224 e. The largest absolute Gasteiger partial charge is 0.457 e. The SMILES string of the molecule is CCS(=O)(=O)c1ccc(Oc2cc3nc(-c4ccccn4)[nH]c3cc2CC(=O)NC)cc1. The Bertz CT molecular complexity index is 1360. The fraction of sp³-hybridized carbons (Fsp3) is 0.174. The van der Waals surface area contributed by atoms with Gasteiger partial charge in [0, 0.05) is 24.9 Å². The van der Waals surface area contributed by atoms with Crippen molar-refractivity contribution in [1.82, 2.24) is 20.3 Å². The average Bonchev–Trinajstić information content (AvgIpc) is 3.23. The van der Waals surface area contributed by atoms with Crippen LogP contribution >= 0.6 is 0 Å². The number of benzene rings is 2. The molecular weight excluding hydrogens is 428 g/mol. The summed E-state index contributed by atoms with van der Waals surface area (Å²) in [7, 11) is -1.72. The van der Waals surface area contributed by atoms with Gasteiger partial charge in [0.2, 0.25) is 5.91 Å². The molecule has 2 N–H and O–H groups in total. The molecule has 9 heteroatoms. The molecule has 4 aromatic rings. The number of likely N-dealkylation sites (N-methyl/N-ethyl adjacent to an activating group) is 1. The lowest BCUT2D eigenvalue weighted by atomic mass is 10.1. The third-order valence-electron chi connectivity index (χ3n) is 4.99. The first-order chi connectivity index (χ1) is 15.4. The van der Waals surface area contributed by atoms with Gasteiger partial charge in [0.15, 0.2) is 15.7 Å². The molecule has 0 spiro atoms. The number of hydrogen-bond donors (Lipinski definition) is 2. The minimum absolute atomic E-state index is 0.0257. The van der Waals surface area contributed by atoms with Crippen LogP contribution in [0.15, 0.2) is 65.7 Å². The summed E-state index contributed by atoms with van der Waals surface area (Å²) in [5, 5.41) is 2.62. The van der Waals surface area contributed by atoms with Crippen LogP contribution in [-0.2, 0) is 21.1 Å². The van der Waals surface area contributed by atoms with E-state index in [1.165, 1.54) is 12.1 Å². The monoisotopic (exact) mass is 450 g/mol. The first-order valence-electron chi connectivity index (χ1n) is 10.0. The van der Waals surface area contributed by atoms with Crippen LogP contribution in [0.1, 0.15) is 12.5 Å². The van der Waals surface area contributed by atoms with Crippen molar-refractivity contribution < 1.29 is 17.9 Å². The fourth-order valence-electron chi connectivity index (χ4n) is 3.21. The number of carbonyl (C=O) groups excluding carboxylic acids is 1. The van der Waals surface area contributed by atoms with Gasteiger partial charge in [-0.2, -0.15) is 0 Å². The minimum Gasteiger partial charge on any atom is -0.457 e. The summed E-state index contributed by atoms with van der Waals surface area (Å²) >= 11 is 0. The summed E-state index contributed by atoms with van der Waals surface area (Å²) in [5.41, 5.74) is 2.78. The van der Waals surface area contributed by atoms with Crippen molar-refractivity contribution in [3.8, 4) is 23.0 Å². The normalized spacial score (nSPS) is 11.4. The number of ether oxygens (including phenoxy) is 1. The van der Waals surface area contributed by atoms with Crippen molar-refractivity contribution in [3.63, 3.8) is 0 Å². The molecule has 0 radical (unpaired) electrons. The molecule has 0 aliphatic heterocycles. The van der Waals surface area contributed by atoms with E-state index in [0.29, 0.717) is 34.1 Å². The molecule has 8 nitrogen and oxygen atoms in total. The lowest BCUT2D eigenvalue weighted by Gasteiger charge is -2.12. The predicted octanol–water partition coefficient (Wildman–Crippen LogP) is 3.50. The van der Waals surface area contributed by atoms with E-state index in [1.54, 1.807) is 38.4 Å². The molecule has 2 aromatic carbocycles. The summed E-state index contributed by atoms with van der Waals surface area (Å²) < 4.78 is 30.1. The van der Waals surface area contributed by atoms with Crippen molar-refractivity contribution in [2.24, 2.45) is 0 Å². The Morgan fingerprint density at radius 2 is 1.91 bits per heavy atom. The number of sulfone groups is 1. The number of rotatable bonds is 7. The molecule has 0 unspecified atom stereocenters. The molecule has 4 rings (SSSR count). The first-order valence-corrected chi connectivity index (χ1v) is 11.7. The van der Waals surface area contributed by atoms with E-state index in [2.05, 4.69) is 20.3 Å². The number of nitrogens with one attached hydrogen (secondary N) is 2. The number of hydrogen-bond acceptors (Lipinski definition) is 6. The van der Waals surface area contributed by atoms with Gasteiger partial charge in [0.1, 0.15) is 17.2 Å². The summed E-state index contributed by atoms with van der Waals surface area (Å²) in [6, 6.07) is 15.4. The number of aromatic amines is 1. The molecule has 0 bridgehead atoms. The Morgan fingerprint density at radius 3 is 2.56 bits per heavy atom. The summed E-state index contributed by atoms with van der Waals surface area (Å²) in [6.07, 6.45) is 1.80. The highest BCUT2D eigenvalue weighted by Gasteiger charge is 2.16. The highest BCUT2D eigenvalue weighted by Crippen LogP contribution is 2.31. The van der Waals surface area contributed by atoms with Gasteiger partial charge in [0.05, 0.1) is 28.1 Å². The molecule has 1 amide bonds. The van der Waals surface area contributed by atoms with Crippen molar-refractivity contribution in [2.45, 2.75) is 18.2 Å². The van der Waals surface area contributed by atoms with Crippen LogP contribution in [0.2, 0.25) is 0 Å². The number of fused-ring (bicyclic) bond motifs is 1. The van der Waals surface area contributed by atoms with Gasteiger partial charge in [-0.25, -0.2) is 13.4 Å². The van der Waals surface area contributed by atoms with E-state index in [1.807, 2.05) is 24.3 Å². The topological polar surface area (TPSA) is 114 Å². The predicted molar refractivity (Wildman–Crippen MR) is 121 cm³/mol. The number of amides is 1. The maximum absolute atomic E-state index is 12.1. The van der Waals surface area contributed by atoms with Crippen LogP contribution in [0.4, 0.5) is 0 Å². The zero-order valence-corrected chi connectivity index (χ0v) is 18.4. The van der Waals surface area contributed by atoms with Gasteiger partial charge in [-0.15, -0.1) is 0 Å². The molecule has 2 heterocycles. The van der Waals surface area contributed by atoms with Crippen molar-refractivity contribution in [1.29, 1.82) is 0 Å². The number of imidazole rings is 1. The Morgan fingerprint density at radius 1 is 1.12 bits per heavy atom. The standard InChI is InChI=1S/C23H22N4O4S/c1-3-32(29,30)17-9-7-16(8-10-17)31-21-14-20-19(12-15(21)13-22(28)24-2)26-23(27-20)18-6-4-5-11-25-18/h4-12,14H,3,13H2,1-2H3,(H,24,28)(H,26,27). The van der Waals surface area contributed by atoms with Crippen LogP contribution < -0.4 is 10.1 Å². The third-order valence-corrected chi connectivity index (χ3v) is 6.74. The van der Waals surface area contributed by atoms with E-state index >= 15 is 0 Å². The molecule has 2 aromatic heterocycles. The number of H-pyrrole nitrogens is 1. The molecule has 0 fully saturated rings. The van der Waals surface area contributed by atoms with E-state index in [9.17, 15) is 13.2 Å². The quantitative estimate of drug-likeness (QED) is 0.445. The molecule has 0 aliphatic rings. The van der Waals surface area contributed by atoms with Crippen LogP contribution in [-0.4, -0.2) is 42.1 Å². The molecule has 32 heavy (non-hydrogen) atoms. The number of pyridine rings is 1. The number of carbonyl (C=O) groups is 1. The molecule has 0 atom stereocenters. The van der Waals surface area contributed by atoms with E-state index in [-0.39, 0.29) is 23.0 Å². The van der Waals surface area contributed by atoms with Crippen LogP contribution in [0.3, 0.4) is 0 Å². The Labute approximate surface area is 185 Å². The Balaban J connectivity index is 1.72. The van der Waals surface area contributed by atoms with Crippen LogP contribution in [0.25, 0.3) is 22.6 Å². The molecular formula is C23H22N4O4S. The highest BCUT2D eigenvalue weighted by atomic mass is 32.2. The molecule has 0 aliphatic carbocycles. The summed E-state index contributed by atoms with van der Waals surface area (Å²) in [6.45, 7) is 1.60. The van der Waals surface area contributed by atoms with Gasteiger partial charge >= 0.3 is 0 Å². The zero-order chi connectivity index (χ0) is 22.7. The van der Waals surface area contributed by atoms with Gasteiger partial charge < -0.3 is 15.0 Å². The number of aromatic nitrogens is 3. The zero-order valence-electron chi connectivity index (χ0n) is 17.6. The first kappa shape index (κ1) is 21.5. The van der Waals surface area contributed by atoms with Gasteiger partial charge in [-0.1, -0.05) is 13.0 Å². The molecule has 0 saturated heterocycles. The van der Waals surface area contributed by atoms with Gasteiger partial charge in [-0.05, 0) is 42.5 Å². The molecule has 0 saturated carbocycles. The second-order valence-corrected chi connectivity index (χ2v) is 9.38. The third kappa shape index (κ3) is 4.47. The fourth-order valence-corrected chi connectivity index (χ4v) is 4.09. The highest BCUT2D eigenvalue weighted by molar-refractivity contribution is 7.91. The summed E-state index contributed by atoms with van der Waals surface area (Å²) in [5.74, 6) is 1.39. The van der Waals surface area contributed by atoms with Crippen molar-refractivity contribution in [3.05, 3.63) is 66.4 Å². The second kappa shape index (κ2) is 8.80. The van der Waals surface area contributed by atoms with Crippen LogP contribution in [0, 0.1) is 0 Å². The lowest BCUT2D eigenvalue weighted by molar-refractivity contribution is -0.119. The van der Waals surface area contributed by atoms with E-state index in [0.717, 1.165) is 5.52 Å². The summed E-state index contributed by atoms with van der Waals surface area (Å²) in [4.78, 5) is 24.5. The Hall–Kier alpha value is -3.72. The average molecular weight is 451 g/mol. The number of nitrogens with zero attached hydrogens (tertiary/aromatic N) is 2. The van der Waals surface area contributed by atoms with Crippen molar-refractivity contribution >= 4 is 26.8 Å². The van der Waals surface area contributed by atoms with Gasteiger partial charge in [-0.3, -0.25) is 9.78 Å². The Kier molecular flexibility index (Phi) is 5.91. The van der Waals surface area contributed by atoms with Crippen molar-refractivity contribution in [2.75, 3.05) is 12.8 Å². The maximum atomic E-state index is 12.1. The second-order valence-electron chi connectivity index (χ2n) is 7.10. The van der Waals surface area contributed by atoms with Gasteiger partial charge in [0.25, 0.3) is 0 Å². The lowest BCUT2D eigenvalue weighted by Crippen LogP contribution is -2.20. The maximum Gasteiger partial charge on any atom is 0.224 e. The molecule has 164 valence electrons. The van der Waals surface area contributed by atoms with Crippen LogP contribution in [0.5, 0.6) is 11.5 Å². The minimum atomic E-state index is -3.30. The van der Waals surface area contributed by atoms with E-state index < -0.39 is 9.84 Å².